The minimum Gasteiger partial charge on any atom is -0.374 e. The van der Waals surface area contributed by atoms with Crippen LogP contribution in [0.3, 0.4) is 0 Å². The van der Waals surface area contributed by atoms with Crippen molar-refractivity contribution in [2.45, 2.75) is 12.1 Å². The van der Waals surface area contributed by atoms with Gasteiger partial charge >= 0.3 is 22.2 Å². The number of alkyl halides is 5. The van der Waals surface area contributed by atoms with Crippen LogP contribution in [0, 0.1) is 0 Å². The lowest BCUT2D eigenvalue weighted by Gasteiger charge is -2.11. The smallest absolute Gasteiger partial charge is 0.374 e. The molecule has 0 bridgehead atoms. The standard InChI is InChI=1S/C13H8F5N5O3S/c14-12(15)23-6-8(5-19-23)11(26-27(24,25)13(16,17)18)7-22-10-4-2-1-3-9(10)20-21-22/h1-7,12H/b11-7-. The van der Waals surface area contributed by atoms with Crippen molar-refractivity contribution in [1.29, 1.82) is 0 Å². The molecule has 3 rings (SSSR count). The summed E-state index contributed by atoms with van der Waals surface area (Å²) in [5.41, 5.74) is -5.50. The van der Waals surface area contributed by atoms with Crippen molar-refractivity contribution in [3.8, 4) is 0 Å². The van der Waals surface area contributed by atoms with E-state index < -0.39 is 33.5 Å². The lowest BCUT2D eigenvalue weighted by atomic mass is 10.3. The lowest BCUT2D eigenvalue weighted by molar-refractivity contribution is -0.0509. The highest BCUT2D eigenvalue weighted by Gasteiger charge is 2.49. The largest absolute Gasteiger partial charge is 0.534 e. The molecule has 0 aliphatic carbocycles. The van der Waals surface area contributed by atoms with E-state index in [2.05, 4.69) is 19.6 Å². The summed E-state index contributed by atoms with van der Waals surface area (Å²) >= 11 is 0. The predicted molar refractivity (Wildman–Crippen MR) is 81.2 cm³/mol. The van der Waals surface area contributed by atoms with Crippen LogP contribution in [0.15, 0.2) is 36.7 Å². The van der Waals surface area contributed by atoms with Gasteiger partial charge in [0.2, 0.25) is 0 Å². The molecule has 0 atom stereocenters. The average Bonchev–Trinajstić information content (AvgIpc) is 3.20. The zero-order valence-electron chi connectivity index (χ0n) is 12.9. The number of fused-ring (bicyclic) bond motifs is 1. The van der Waals surface area contributed by atoms with E-state index in [4.69, 9.17) is 0 Å². The Morgan fingerprint density at radius 1 is 1.22 bits per heavy atom. The number of aromatic nitrogens is 5. The Morgan fingerprint density at radius 3 is 2.56 bits per heavy atom. The second-order valence-corrected chi connectivity index (χ2v) is 6.52. The summed E-state index contributed by atoms with van der Waals surface area (Å²) < 4.78 is 91.2. The topological polar surface area (TPSA) is 91.9 Å². The van der Waals surface area contributed by atoms with Crippen molar-refractivity contribution in [3.05, 3.63) is 42.2 Å². The maximum Gasteiger partial charge on any atom is 0.534 e. The molecule has 3 aromatic rings. The molecule has 144 valence electrons. The van der Waals surface area contributed by atoms with Crippen molar-refractivity contribution in [2.24, 2.45) is 0 Å². The van der Waals surface area contributed by atoms with E-state index in [1.54, 1.807) is 18.2 Å². The molecule has 0 unspecified atom stereocenters. The van der Waals surface area contributed by atoms with Crippen LogP contribution >= 0.6 is 0 Å². The van der Waals surface area contributed by atoms with E-state index in [0.29, 0.717) is 17.2 Å². The highest BCUT2D eigenvalue weighted by Crippen LogP contribution is 2.30. The molecular formula is C13H8F5N5O3S. The fourth-order valence-corrected chi connectivity index (χ4v) is 2.45. The van der Waals surface area contributed by atoms with Gasteiger partial charge in [-0.1, -0.05) is 17.3 Å². The first-order valence-electron chi connectivity index (χ1n) is 6.94. The van der Waals surface area contributed by atoms with E-state index in [-0.39, 0.29) is 4.68 Å². The van der Waals surface area contributed by atoms with Gasteiger partial charge in [0, 0.05) is 6.20 Å². The molecule has 27 heavy (non-hydrogen) atoms. The van der Waals surface area contributed by atoms with Gasteiger partial charge in [-0.25, -0.2) is 9.36 Å². The Bertz CT molecular complexity index is 1100. The second-order valence-electron chi connectivity index (χ2n) is 4.99. The summed E-state index contributed by atoms with van der Waals surface area (Å²) in [6.45, 7) is -3.09. The van der Waals surface area contributed by atoms with Gasteiger partial charge in [0.15, 0.2) is 5.76 Å². The first-order chi connectivity index (χ1) is 12.6. The molecule has 0 N–H and O–H groups in total. The molecule has 14 heteroatoms. The van der Waals surface area contributed by atoms with Crippen LogP contribution in [0.25, 0.3) is 23.0 Å². The molecule has 0 amide bonds. The lowest BCUT2D eigenvalue weighted by Crippen LogP contribution is -2.25. The van der Waals surface area contributed by atoms with Gasteiger partial charge < -0.3 is 4.18 Å². The van der Waals surface area contributed by atoms with E-state index in [1.165, 1.54) is 6.07 Å². The molecule has 2 heterocycles. The van der Waals surface area contributed by atoms with Crippen molar-refractivity contribution in [3.63, 3.8) is 0 Å². The number of para-hydroxylation sites is 1. The maximum absolute atomic E-state index is 12.7. The molecule has 0 aliphatic heterocycles. The number of rotatable bonds is 5. The minimum atomic E-state index is -6.07. The van der Waals surface area contributed by atoms with Crippen LogP contribution in [0.2, 0.25) is 0 Å². The first kappa shape index (κ1) is 18.8. The fourth-order valence-electron chi connectivity index (χ4n) is 1.98. The minimum absolute atomic E-state index is 0.117. The number of nitrogens with zero attached hydrogens (tertiary/aromatic N) is 5. The van der Waals surface area contributed by atoms with Gasteiger partial charge in [-0.15, -0.1) is 5.10 Å². The molecule has 0 radical (unpaired) electrons. The summed E-state index contributed by atoms with van der Waals surface area (Å²) in [6.07, 6.45) is 2.12. The van der Waals surface area contributed by atoms with Crippen LogP contribution in [-0.2, 0) is 14.3 Å². The monoisotopic (exact) mass is 409 g/mol. The molecule has 2 aromatic heterocycles. The van der Waals surface area contributed by atoms with E-state index in [0.717, 1.165) is 17.1 Å². The maximum atomic E-state index is 12.7. The van der Waals surface area contributed by atoms with Crippen LogP contribution in [0.5, 0.6) is 0 Å². The highest BCUT2D eigenvalue weighted by molar-refractivity contribution is 7.87. The van der Waals surface area contributed by atoms with Crippen LogP contribution in [0.4, 0.5) is 22.0 Å². The molecule has 0 saturated carbocycles. The fraction of sp³-hybridized carbons (Fsp3) is 0.154. The van der Waals surface area contributed by atoms with Crippen molar-refractivity contribution >= 4 is 33.1 Å². The van der Waals surface area contributed by atoms with Crippen molar-refractivity contribution in [1.82, 2.24) is 24.8 Å². The number of benzene rings is 1. The molecule has 0 spiro atoms. The van der Waals surface area contributed by atoms with Gasteiger partial charge in [0.1, 0.15) is 5.52 Å². The average molecular weight is 409 g/mol. The first-order valence-corrected chi connectivity index (χ1v) is 8.34. The molecule has 0 fully saturated rings. The van der Waals surface area contributed by atoms with Gasteiger partial charge in [-0.3, -0.25) is 0 Å². The van der Waals surface area contributed by atoms with Crippen molar-refractivity contribution < 1.29 is 34.6 Å². The third-order valence-electron chi connectivity index (χ3n) is 3.19. The molecule has 1 aromatic carbocycles. The second kappa shape index (κ2) is 6.61. The zero-order valence-corrected chi connectivity index (χ0v) is 13.7. The number of hydrogen-bond donors (Lipinski definition) is 0. The normalized spacial score (nSPS) is 13.5. The van der Waals surface area contributed by atoms with E-state index >= 15 is 0 Å². The third kappa shape index (κ3) is 3.74. The summed E-state index contributed by atoms with van der Waals surface area (Å²) in [5, 5.41) is 10.6. The van der Waals surface area contributed by atoms with Gasteiger partial charge in [0.05, 0.1) is 23.5 Å². The summed E-state index contributed by atoms with van der Waals surface area (Å²) in [6, 6.07) is 6.26. The van der Waals surface area contributed by atoms with Gasteiger partial charge in [0.25, 0.3) is 0 Å². The number of halogens is 5. The highest BCUT2D eigenvalue weighted by atomic mass is 32.2. The Kier molecular flexibility index (Phi) is 4.59. The SMILES string of the molecule is O=S(=O)(O/C(=C\n1nnc2ccccc21)c1cnn(C(F)F)c1)C(F)(F)F. The quantitative estimate of drug-likeness (QED) is 0.279. The Labute approximate surface area is 147 Å². The summed E-state index contributed by atoms with van der Waals surface area (Å²) in [5.74, 6) is -0.921. The Balaban J connectivity index is 2.12. The summed E-state index contributed by atoms with van der Waals surface area (Å²) in [4.78, 5) is 0. The van der Waals surface area contributed by atoms with Crippen LogP contribution in [0.1, 0.15) is 12.1 Å². The molecule has 0 aliphatic rings. The Hall–Kier alpha value is -3.03. The Morgan fingerprint density at radius 2 is 1.93 bits per heavy atom. The third-order valence-corrected chi connectivity index (χ3v) is 4.15. The van der Waals surface area contributed by atoms with Crippen LogP contribution in [-0.4, -0.2) is 38.7 Å². The molecule has 0 saturated heterocycles. The van der Waals surface area contributed by atoms with Crippen LogP contribution < -0.4 is 0 Å². The van der Waals surface area contributed by atoms with Gasteiger partial charge in [-0.2, -0.15) is 35.5 Å². The van der Waals surface area contributed by atoms with Gasteiger partial charge in [-0.05, 0) is 12.1 Å². The van der Waals surface area contributed by atoms with E-state index in [9.17, 15) is 30.4 Å². The van der Waals surface area contributed by atoms with E-state index in [1.807, 2.05) is 0 Å². The zero-order chi connectivity index (χ0) is 19.8. The molecular weight excluding hydrogens is 401 g/mol. The van der Waals surface area contributed by atoms with Crippen molar-refractivity contribution in [2.75, 3.05) is 0 Å². The number of hydrogen-bond acceptors (Lipinski definition) is 6. The molecule has 8 nitrogen and oxygen atoms in total. The predicted octanol–water partition coefficient (Wildman–Crippen LogP) is 2.84. The summed E-state index contributed by atoms with van der Waals surface area (Å²) in [7, 11) is -6.07.